The molecule has 0 spiro atoms. The van der Waals surface area contributed by atoms with E-state index >= 15 is 0 Å². The average molecular weight is 452 g/mol. The van der Waals surface area contributed by atoms with E-state index in [1.165, 1.54) is 4.90 Å². The van der Waals surface area contributed by atoms with E-state index in [-0.39, 0.29) is 25.0 Å². The molecule has 2 heterocycles. The summed E-state index contributed by atoms with van der Waals surface area (Å²) in [5.41, 5.74) is 2.47. The molecule has 0 N–H and O–H groups in total. The van der Waals surface area contributed by atoms with Crippen LogP contribution < -0.4 is 14.4 Å². The van der Waals surface area contributed by atoms with Gasteiger partial charge in [0.25, 0.3) is 11.8 Å². The highest BCUT2D eigenvalue weighted by Gasteiger charge is 2.42. The summed E-state index contributed by atoms with van der Waals surface area (Å²) in [7, 11) is 4.78. The maximum absolute atomic E-state index is 13.4. The van der Waals surface area contributed by atoms with Gasteiger partial charge in [-0.3, -0.25) is 14.5 Å². The van der Waals surface area contributed by atoms with E-state index in [2.05, 4.69) is 4.90 Å². The summed E-state index contributed by atoms with van der Waals surface area (Å²) >= 11 is 0. The fourth-order valence-corrected chi connectivity index (χ4v) is 4.40. The van der Waals surface area contributed by atoms with Crippen molar-refractivity contribution in [1.29, 1.82) is 0 Å². The number of piperazine rings is 1. The highest BCUT2D eigenvalue weighted by atomic mass is 16.5. The molecule has 0 bridgehead atoms. The Bertz CT molecular complexity index is 1060. The van der Waals surface area contributed by atoms with Crippen molar-refractivity contribution >= 4 is 23.1 Å². The number of amides is 2. The molecule has 0 unspecified atom stereocenters. The van der Waals surface area contributed by atoms with Crippen LogP contribution in [0, 0.1) is 0 Å². The first kappa shape index (κ1) is 22.7. The normalized spacial score (nSPS) is 16.6. The molecule has 2 aliphatic rings. The lowest BCUT2D eigenvalue weighted by atomic mass is 10.0. The molecule has 4 rings (SSSR count). The SMILES string of the molecule is COCCN1C(=O)C(c2ccccc2OC)=C(N2CCN(c3ccccc3OC)CC2)C1=O. The monoisotopic (exact) mass is 451 g/mol. The number of hydrogen-bond acceptors (Lipinski definition) is 7. The van der Waals surface area contributed by atoms with Crippen molar-refractivity contribution in [2.45, 2.75) is 0 Å². The fraction of sp³-hybridized carbons (Fsp3) is 0.360. The van der Waals surface area contributed by atoms with Crippen LogP contribution in [0.15, 0.2) is 54.2 Å². The average Bonchev–Trinajstić information content (AvgIpc) is 3.11. The van der Waals surface area contributed by atoms with E-state index in [0.29, 0.717) is 48.8 Å². The van der Waals surface area contributed by atoms with Gasteiger partial charge in [0.05, 0.1) is 38.6 Å². The van der Waals surface area contributed by atoms with Crippen molar-refractivity contribution in [3.05, 3.63) is 59.8 Å². The molecule has 0 radical (unpaired) electrons. The molecule has 0 saturated carbocycles. The minimum atomic E-state index is -0.316. The molecule has 2 amide bonds. The Morgan fingerprint density at radius 1 is 0.758 bits per heavy atom. The van der Waals surface area contributed by atoms with Crippen LogP contribution in [-0.2, 0) is 14.3 Å². The Kier molecular flexibility index (Phi) is 6.84. The number of anilines is 1. The van der Waals surface area contributed by atoms with Crippen LogP contribution in [-0.4, -0.2) is 82.3 Å². The maximum Gasteiger partial charge on any atom is 0.277 e. The first-order chi connectivity index (χ1) is 16.1. The lowest BCUT2D eigenvalue weighted by Crippen LogP contribution is -2.48. The van der Waals surface area contributed by atoms with Gasteiger partial charge in [-0.05, 0) is 18.2 Å². The zero-order valence-electron chi connectivity index (χ0n) is 19.2. The highest BCUT2D eigenvalue weighted by molar-refractivity contribution is 6.36. The van der Waals surface area contributed by atoms with Gasteiger partial charge < -0.3 is 24.0 Å². The second-order valence-corrected chi connectivity index (χ2v) is 7.82. The number of nitrogens with zero attached hydrogens (tertiary/aromatic N) is 3. The van der Waals surface area contributed by atoms with Crippen LogP contribution in [0.2, 0.25) is 0 Å². The second kappa shape index (κ2) is 9.95. The van der Waals surface area contributed by atoms with Crippen LogP contribution >= 0.6 is 0 Å². The van der Waals surface area contributed by atoms with Gasteiger partial charge in [0, 0.05) is 38.9 Å². The molecule has 0 aromatic heterocycles. The summed E-state index contributed by atoms with van der Waals surface area (Å²) in [6, 6.07) is 15.2. The van der Waals surface area contributed by atoms with Crippen molar-refractivity contribution < 1.29 is 23.8 Å². The van der Waals surface area contributed by atoms with E-state index in [4.69, 9.17) is 14.2 Å². The number of hydrogen-bond donors (Lipinski definition) is 0. The zero-order valence-corrected chi connectivity index (χ0v) is 19.2. The summed E-state index contributed by atoms with van der Waals surface area (Å²) in [5.74, 6) is 0.776. The largest absolute Gasteiger partial charge is 0.496 e. The predicted molar refractivity (Wildman–Crippen MR) is 125 cm³/mol. The Hall–Kier alpha value is -3.52. The molecule has 33 heavy (non-hydrogen) atoms. The number of methoxy groups -OCH3 is 3. The standard InChI is InChI=1S/C25H29N3O5/c1-31-17-16-28-24(29)22(18-8-4-6-10-20(18)32-2)23(25(28)30)27-14-12-26(13-15-27)19-9-5-7-11-21(19)33-3/h4-11H,12-17H2,1-3H3. The number of para-hydroxylation sites is 3. The first-order valence-corrected chi connectivity index (χ1v) is 11.0. The Morgan fingerprint density at radius 2 is 1.36 bits per heavy atom. The smallest absolute Gasteiger partial charge is 0.277 e. The molecule has 174 valence electrons. The third-order valence-electron chi connectivity index (χ3n) is 6.06. The number of imide groups is 1. The van der Waals surface area contributed by atoms with Gasteiger partial charge in [-0.2, -0.15) is 0 Å². The predicted octanol–water partition coefficient (Wildman–Crippen LogP) is 2.25. The molecule has 8 nitrogen and oxygen atoms in total. The van der Waals surface area contributed by atoms with Gasteiger partial charge in [0.1, 0.15) is 17.2 Å². The zero-order chi connectivity index (χ0) is 23.4. The Labute approximate surface area is 193 Å². The van der Waals surface area contributed by atoms with Gasteiger partial charge in [-0.15, -0.1) is 0 Å². The fourth-order valence-electron chi connectivity index (χ4n) is 4.40. The molecule has 2 aromatic rings. The molecule has 0 aliphatic carbocycles. The minimum absolute atomic E-state index is 0.206. The molecule has 1 fully saturated rings. The number of carbonyl (C=O) groups excluding carboxylic acids is 2. The van der Waals surface area contributed by atoms with Crippen LogP contribution in [0.3, 0.4) is 0 Å². The first-order valence-electron chi connectivity index (χ1n) is 11.0. The summed E-state index contributed by atoms with van der Waals surface area (Å²) in [5, 5.41) is 0. The lowest BCUT2D eigenvalue weighted by Gasteiger charge is -2.38. The molecule has 2 aliphatic heterocycles. The quantitative estimate of drug-likeness (QED) is 0.570. The van der Waals surface area contributed by atoms with Crippen molar-refractivity contribution in [3.8, 4) is 11.5 Å². The number of rotatable bonds is 8. The van der Waals surface area contributed by atoms with Gasteiger partial charge in [-0.1, -0.05) is 30.3 Å². The van der Waals surface area contributed by atoms with Gasteiger partial charge in [0.15, 0.2) is 0 Å². The van der Waals surface area contributed by atoms with Crippen LogP contribution in [0.5, 0.6) is 11.5 Å². The third kappa shape index (κ3) is 4.26. The van der Waals surface area contributed by atoms with Crippen LogP contribution in [0.4, 0.5) is 5.69 Å². The highest BCUT2D eigenvalue weighted by Crippen LogP contribution is 2.37. The minimum Gasteiger partial charge on any atom is -0.496 e. The van der Waals surface area contributed by atoms with Crippen molar-refractivity contribution in [2.75, 3.05) is 65.6 Å². The molecular weight excluding hydrogens is 422 g/mol. The van der Waals surface area contributed by atoms with Crippen molar-refractivity contribution in [2.24, 2.45) is 0 Å². The summed E-state index contributed by atoms with van der Waals surface area (Å²) < 4.78 is 16.2. The van der Waals surface area contributed by atoms with Crippen molar-refractivity contribution in [1.82, 2.24) is 9.80 Å². The van der Waals surface area contributed by atoms with Gasteiger partial charge in [-0.25, -0.2) is 0 Å². The number of carbonyl (C=O) groups is 2. The molecule has 2 aromatic carbocycles. The Morgan fingerprint density at radius 3 is 2.03 bits per heavy atom. The van der Waals surface area contributed by atoms with Crippen LogP contribution in [0.25, 0.3) is 5.57 Å². The summed E-state index contributed by atoms with van der Waals surface area (Å²) in [6.45, 7) is 3.08. The maximum atomic E-state index is 13.4. The summed E-state index contributed by atoms with van der Waals surface area (Å²) in [6.07, 6.45) is 0. The second-order valence-electron chi connectivity index (χ2n) is 7.82. The molecule has 0 atom stereocenters. The molecule has 1 saturated heterocycles. The molecular formula is C25H29N3O5. The van der Waals surface area contributed by atoms with Gasteiger partial charge in [0.2, 0.25) is 0 Å². The number of ether oxygens (including phenoxy) is 3. The summed E-state index contributed by atoms with van der Waals surface area (Å²) in [4.78, 5) is 32.4. The van der Waals surface area contributed by atoms with E-state index in [0.717, 1.165) is 11.4 Å². The van der Waals surface area contributed by atoms with E-state index < -0.39 is 0 Å². The van der Waals surface area contributed by atoms with E-state index in [1.807, 2.05) is 47.4 Å². The third-order valence-corrected chi connectivity index (χ3v) is 6.06. The molecule has 8 heteroatoms. The Balaban J connectivity index is 1.66. The number of benzene rings is 2. The lowest BCUT2D eigenvalue weighted by molar-refractivity contribution is -0.138. The van der Waals surface area contributed by atoms with E-state index in [9.17, 15) is 9.59 Å². The van der Waals surface area contributed by atoms with Crippen molar-refractivity contribution in [3.63, 3.8) is 0 Å². The van der Waals surface area contributed by atoms with Gasteiger partial charge >= 0.3 is 0 Å². The van der Waals surface area contributed by atoms with Crippen LogP contribution in [0.1, 0.15) is 5.56 Å². The van der Waals surface area contributed by atoms with E-state index in [1.54, 1.807) is 27.4 Å². The topological polar surface area (TPSA) is 71.6 Å².